The third kappa shape index (κ3) is 5.34. The largest absolute Gasteiger partial charge is 0.444 e. The lowest BCUT2D eigenvalue weighted by Crippen LogP contribution is -2.35. The zero-order valence-electron chi connectivity index (χ0n) is 18.7. The molecule has 2 heterocycles. The first-order valence-corrected chi connectivity index (χ1v) is 11.7. The highest BCUT2D eigenvalue weighted by atomic mass is 32.2. The van der Waals surface area contributed by atoms with Crippen molar-refractivity contribution < 1.29 is 14.3 Å². The van der Waals surface area contributed by atoms with Gasteiger partial charge in [-0.15, -0.1) is 0 Å². The molecule has 1 saturated carbocycles. The van der Waals surface area contributed by atoms with E-state index in [9.17, 15) is 9.59 Å². The Bertz CT molecular complexity index is 1150. The first-order chi connectivity index (χ1) is 15.7. The average molecular weight is 464 g/mol. The summed E-state index contributed by atoms with van der Waals surface area (Å²) in [6.07, 6.45) is 2.73. The number of hydrogen-bond donors (Lipinski definition) is 2. The van der Waals surface area contributed by atoms with Crippen molar-refractivity contribution in [3.63, 3.8) is 0 Å². The number of pyridine rings is 1. The molecule has 0 unspecified atom stereocenters. The summed E-state index contributed by atoms with van der Waals surface area (Å²) in [5.41, 5.74) is 1.25. The Hall–Kier alpha value is -3.38. The molecule has 0 radical (unpaired) electrons. The van der Waals surface area contributed by atoms with Gasteiger partial charge in [-0.25, -0.2) is 9.78 Å². The number of ether oxygens (including phenoxy) is 1. The van der Waals surface area contributed by atoms with Crippen LogP contribution in [0.5, 0.6) is 0 Å². The summed E-state index contributed by atoms with van der Waals surface area (Å²) in [7, 11) is 0. The van der Waals surface area contributed by atoms with Crippen molar-refractivity contribution in [2.24, 2.45) is 10.9 Å². The van der Waals surface area contributed by atoms with Gasteiger partial charge in [-0.05, 0) is 69.4 Å². The third-order valence-electron chi connectivity index (χ3n) is 5.43. The molecule has 4 rings (SSSR count). The normalized spacial score (nSPS) is 21.5. The van der Waals surface area contributed by atoms with Gasteiger partial charge in [0.1, 0.15) is 17.4 Å². The van der Waals surface area contributed by atoms with Crippen LogP contribution in [0.3, 0.4) is 0 Å². The van der Waals surface area contributed by atoms with Gasteiger partial charge in [0.2, 0.25) is 0 Å². The summed E-state index contributed by atoms with van der Waals surface area (Å²) < 4.78 is 5.37. The van der Waals surface area contributed by atoms with Gasteiger partial charge >= 0.3 is 6.09 Å². The molecule has 1 fully saturated rings. The monoisotopic (exact) mass is 463 g/mol. The molecule has 170 valence electrons. The number of aromatic nitrogens is 1. The van der Waals surface area contributed by atoms with Gasteiger partial charge in [0.05, 0.1) is 11.1 Å². The molecular formula is C24H25N5O3S. The highest BCUT2D eigenvalue weighted by molar-refractivity contribution is 8.13. The van der Waals surface area contributed by atoms with Gasteiger partial charge < -0.3 is 10.1 Å². The Kier molecular flexibility index (Phi) is 6.13. The van der Waals surface area contributed by atoms with E-state index in [0.29, 0.717) is 22.3 Å². The number of nitrogens with zero attached hydrogens (tertiary/aromatic N) is 3. The number of rotatable bonds is 3. The highest BCUT2D eigenvalue weighted by Gasteiger charge is 2.56. The minimum atomic E-state index is -0.587. The number of nitrogens with one attached hydrogen (secondary N) is 2. The minimum Gasteiger partial charge on any atom is -0.444 e. The quantitative estimate of drug-likeness (QED) is 0.695. The molecular weight excluding hydrogens is 438 g/mol. The number of thioether (sulfide) groups is 1. The number of carbonyl (C=O) groups is 2. The van der Waals surface area contributed by atoms with Crippen molar-refractivity contribution >= 4 is 34.6 Å². The second kappa shape index (κ2) is 8.87. The van der Waals surface area contributed by atoms with E-state index >= 15 is 0 Å². The van der Waals surface area contributed by atoms with Crippen LogP contribution in [0.4, 0.5) is 10.5 Å². The van der Waals surface area contributed by atoms with E-state index in [4.69, 9.17) is 15.0 Å². The summed E-state index contributed by atoms with van der Waals surface area (Å²) in [4.78, 5) is 33.8. The zero-order chi connectivity index (χ0) is 23.6. The van der Waals surface area contributed by atoms with Crippen LogP contribution in [0.25, 0.3) is 0 Å². The molecule has 1 aromatic heterocycles. The highest BCUT2D eigenvalue weighted by Crippen LogP contribution is 2.59. The molecule has 2 aromatic rings. The van der Waals surface area contributed by atoms with Crippen LogP contribution in [0.1, 0.15) is 55.2 Å². The predicted octanol–water partition coefficient (Wildman–Crippen LogP) is 4.44. The SMILES string of the molecule is CC(C)(C)OC(=O)NC1=N[C@@]2(c3cccc(NC(=O)c4ccc(C#N)cn4)c3)C[C@H]2CCS1. The number of fused-ring (bicyclic) bond motifs is 1. The van der Waals surface area contributed by atoms with Crippen molar-refractivity contribution in [1.29, 1.82) is 5.26 Å². The number of alkyl carbamates (subject to hydrolysis) is 1. The van der Waals surface area contributed by atoms with Gasteiger partial charge in [-0.3, -0.25) is 15.1 Å². The smallest absolute Gasteiger partial charge is 0.413 e. The van der Waals surface area contributed by atoms with E-state index in [0.717, 1.165) is 24.2 Å². The molecule has 2 atom stereocenters. The number of nitriles is 1. The van der Waals surface area contributed by atoms with E-state index in [1.54, 1.807) is 6.07 Å². The van der Waals surface area contributed by atoms with Crippen LogP contribution < -0.4 is 10.6 Å². The second-order valence-corrected chi connectivity index (χ2v) is 10.2. The molecule has 0 saturated heterocycles. The maximum atomic E-state index is 12.6. The number of aliphatic imine (C=N–C) groups is 1. The molecule has 2 N–H and O–H groups in total. The summed E-state index contributed by atoms with van der Waals surface area (Å²) in [6, 6.07) is 12.7. The predicted molar refractivity (Wildman–Crippen MR) is 127 cm³/mol. The van der Waals surface area contributed by atoms with E-state index < -0.39 is 17.2 Å². The fourth-order valence-electron chi connectivity index (χ4n) is 3.83. The first kappa shape index (κ1) is 22.8. The van der Waals surface area contributed by atoms with E-state index in [1.807, 2.05) is 51.1 Å². The molecule has 2 aliphatic rings. The van der Waals surface area contributed by atoms with Gasteiger partial charge in [-0.1, -0.05) is 23.9 Å². The lowest BCUT2D eigenvalue weighted by atomic mass is 10.0. The van der Waals surface area contributed by atoms with E-state index in [2.05, 4.69) is 15.6 Å². The standard InChI is InChI=1S/C24H25N5O3S/c1-23(2,3)32-22(31)28-21-29-24(12-17(24)9-10-33-21)16-5-4-6-18(11-16)27-20(30)19-8-7-15(13-25)14-26-19/h4-8,11,14,17H,9-10,12H2,1-3H3,(H,27,30)(H,28,29,31)/t17-,24-/m1/s1. The average Bonchev–Trinajstić information content (AvgIpc) is 3.47. The van der Waals surface area contributed by atoms with Crippen LogP contribution in [-0.4, -0.2) is 33.5 Å². The van der Waals surface area contributed by atoms with Crippen molar-refractivity contribution in [3.8, 4) is 6.07 Å². The van der Waals surface area contributed by atoms with Gasteiger partial charge in [0.25, 0.3) is 5.91 Å². The lowest BCUT2D eigenvalue weighted by Gasteiger charge is -2.20. The molecule has 0 bridgehead atoms. The maximum Gasteiger partial charge on any atom is 0.413 e. The summed E-state index contributed by atoms with van der Waals surface area (Å²) >= 11 is 1.52. The summed E-state index contributed by atoms with van der Waals surface area (Å²) in [6.45, 7) is 5.46. The van der Waals surface area contributed by atoms with E-state index in [-0.39, 0.29) is 11.6 Å². The maximum absolute atomic E-state index is 12.6. The minimum absolute atomic E-state index is 0.231. The third-order valence-corrected chi connectivity index (χ3v) is 6.34. The van der Waals surface area contributed by atoms with Crippen molar-refractivity contribution in [2.75, 3.05) is 11.1 Å². The number of anilines is 1. The summed E-state index contributed by atoms with van der Waals surface area (Å²) in [5.74, 6) is 0.893. The Morgan fingerprint density at radius 1 is 1.24 bits per heavy atom. The molecule has 33 heavy (non-hydrogen) atoms. The molecule has 9 heteroatoms. The van der Waals surface area contributed by atoms with Crippen LogP contribution in [-0.2, 0) is 10.3 Å². The van der Waals surface area contributed by atoms with Crippen LogP contribution >= 0.6 is 11.8 Å². The Morgan fingerprint density at radius 3 is 2.76 bits per heavy atom. The Morgan fingerprint density at radius 2 is 2.06 bits per heavy atom. The molecule has 0 spiro atoms. The molecule has 1 aliphatic carbocycles. The first-order valence-electron chi connectivity index (χ1n) is 10.7. The van der Waals surface area contributed by atoms with Crippen molar-refractivity contribution in [2.45, 2.75) is 44.8 Å². The van der Waals surface area contributed by atoms with E-state index in [1.165, 1.54) is 24.0 Å². The lowest BCUT2D eigenvalue weighted by molar-refractivity contribution is 0.0564. The van der Waals surface area contributed by atoms with Crippen LogP contribution in [0.2, 0.25) is 0 Å². The van der Waals surface area contributed by atoms with Gasteiger partial charge in [0.15, 0.2) is 5.17 Å². The Labute approximate surface area is 196 Å². The van der Waals surface area contributed by atoms with Crippen LogP contribution in [0, 0.1) is 17.2 Å². The van der Waals surface area contributed by atoms with Gasteiger partial charge in [-0.2, -0.15) is 5.26 Å². The number of hydrogen-bond acceptors (Lipinski definition) is 7. The fraction of sp³-hybridized carbons (Fsp3) is 0.375. The topological polar surface area (TPSA) is 116 Å². The Balaban J connectivity index is 1.52. The van der Waals surface area contributed by atoms with Crippen LogP contribution in [0.15, 0.2) is 47.6 Å². The molecule has 1 aromatic carbocycles. The molecule has 1 aliphatic heterocycles. The second-order valence-electron chi connectivity index (χ2n) is 9.09. The fourth-order valence-corrected chi connectivity index (χ4v) is 4.81. The van der Waals surface area contributed by atoms with Gasteiger partial charge in [0, 0.05) is 17.6 Å². The molecule has 8 nitrogen and oxygen atoms in total. The number of benzene rings is 1. The van der Waals surface area contributed by atoms with Crippen molar-refractivity contribution in [3.05, 3.63) is 59.4 Å². The molecule has 2 amide bonds. The number of amides is 2. The number of carbonyl (C=O) groups excluding carboxylic acids is 2. The van der Waals surface area contributed by atoms with Crippen molar-refractivity contribution in [1.82, 2.24) is 10.3 Å². The summed E-state index contributed by atoms with van der Waals surface area (Å²) in [5, 5.41) is 15.1. The zero-order valence-corrected chi connectivity index (χ0v) is 19.5. The number of amidine groups is 1.